The highest BCUT2D eigenvalue weighted by atomic mass is 35.5. The number of phenols is 1. The molecule has 0 aliphatic carbocycles. The number of carbonyl (C=O) groups is 1. The van der Waals surface area contributed by atoms with E-state index in [0.29, 0.717) is 0 Å². The van der Waals surface area contributed by atoms with E-state index in [0.717, 1.165) is 27.8 Å². The molecule has 22 heavy (non-hydrogen) atoms. The molecular weight excluding hydrogens is 397 g/mol. The molecule has 11 heteroatoms. The summed E-state index contributed by atoms with van der Waals surface area (Å²) in [5, 5.41) is 18.6. The van der Waals surface area contributed by atoms with Gasteiger partial charge >= 0.3 is 5.97 Å². The molecule has 1 heterocycles. The summed E-state index contributed by atoms with van der Waals surface area (Å²) in [5.41, 5.74) is -0.351. The third kappa shape index (κ3) is 3.17. The summed E-state index contributed by atoms with van der Waals surface area (Å²) in [5.74, 6) is -1.91. The third-order valence-corrected chi connectivity index (χ3v) is 5.42. The number of rotatable bonds is 4. The Labute approximate surface area is 145 Å². The van der Waals surface area contributed by atoms with Gasteiger partial charge in [0, 0.05) is 6.07 Å². The second kappa shape index (κ2) is 6.61. The predicted molar refractivity (Wildman–Crippen MR) is 87.3 cm³/mol. The van der Waals surface area contributed by atoms with E-state index in [1.165, 1.54) is 6.07 Å². The van der Waals surface area contributed by atoms with Gasteiger partial charge in [-0.05, 0) is 12.1 Å². The van der Waals surface area contributed by atoms with Crippen LogP contribution in [0, 0.1) is 0 Å². The minimum atomic E-state index is -2.58. The van der Waals surface area contributed by atoms with E-state index < -0.39 is 23.0 Å². The van der Waals surface area contributed by atoms with Crippen molar-refractivity contribution in [2.45, 2.75) is 0 Å². The van der Waals surface area contributed by atoms with E-state index in [4.69, 9.17) is 39.9 Å². The quantitative estimate of drug-likeness (QED) is 0.659. The molecule has 118 valence electrons. The Bertz CT molecular complexity index is 779. The fourth-order valence-electron chi connectivity index (χ4n) is 1.64. The van der Waals surface area contributed by atoms with E-state index in [-0.39, 0.29) is 30.6 Å². The number of aromatic carboxylic acids is 1. The summed E-state index contributed by atoms with van der Waals surface area (Å²) in [6, 6.07) is 3.33. The number of carboxylic acid groups (broad SMARTS) is 1. The summed E-state index contributed by atoms with van der Waals surface area (Å²) < 4.78 is 22.1. The van der Waals surface area contributed by atoms with Crippen LogP contribution in [0.25, 0.3) is 0 Å². The van der Waals surface area contributed by atoms with Crippen LogP contribution in [0.4, 0.5) is 11.4 Å². The summed E-state index contributed by atoms with van der Waals surface area (Å²) >= 11 is 16.1. The molecule has 1 atom stereocenters. The molecule has 0 amide bonds. The SMILES string of the molecule is O=C(O)c1ccc(N(c2c(Cl)sc(Cl)c2Cl)S(=O)O)cc1O. The lowest BCUT2D eigenvalue weighted by Gasteiger charge is -2.20. The maximum atomic E-state index is 11.6. The zero-order chi connectivity index (χ0) is 16.6. The van der Waals surface area contributed by atoms with Gasteiger partial charge in [0.15, 0.2) is 0 Å². The van der Waals surface area contributed by atoms with Crippen LogP contribution in [0.15, 0.2) is 18.2 Å². The summed E-state index contributed by atoms with van der Waals surface area (Å²) in [6.45, 7) is 0. The first-order valence-electron chi connectivity index (χ1n) is 5.34. The first-order valence-corrected chi connectivity index (χ1v) is 8.36. The van der Waals surface area contributed by atoms with Crippen molar-refractivity contribution in [1.82, 2.24) is 0 Å². The second-order valence-corrected chi connectivity index (χ2v) is 7.27. The van der Waals surface area contributed by atoms with Crippen molar-refractivity contribution >= 4 is 74.8 Å². The van der Waals surface area contributed by atoms with Gasteiger partial charge in [0.1, 0.15) is 25.7 Å². The van der Waals surface area contributed by atoms with Gasteiger partial charge in [-0.25, -0.2) is 13.3 Å². The van der Waals surface area contributed by atoms with Crippen LogP contribution in [0.3, 0.4) is 0 Å². The highest BCUT2D eigenvalue weighted by Crippen LogP contribution is 2.49. The van der Waals surface area contributed by atoms with Gasteiger partial charge in [-0.1, -0.05) is 34.8 Å². The Hall–Kier alpha value is -1.03. The van der Waals surface area contributed by atoms with Crippen LogP contribution >= 0.6 is 46.1 Å². The van der Waals surface area contributed by atoms with Crippen molar-refractivity contribution < 1.29 is 23.8 Å². The number of benzene rings is 1. The molecule has 3 N–H and O–H groups in total. The molecule has 1 aromatic heterocycles. The van der Waals surface area contributed by atoms with E-state index in [9.17, 15) is 18.7 Å². The first-order chi connectivity index (χ1) is 10.2. The van der Waals surface area contributed by atoms with Crippen molar-refractivity contribution in [3.63, 3.8) is 0 Å². The van der Waals surface area contributed by atoms with Gasteiger partial charge in [-0.15, -0.1) is 11.3 Å². The number of nitrogens with zero attached hydrogens (tertiary/aromatic N) is 1. The van der Waals surface area contributed by atoms with E-state index in [1.54, 1.807) is 0 Å². The fourth-order valence-corrected chi connectivity index (χ4v) is 4.32. The van der Waals surface area contributed by atoms with Crippen LogP contribution in [0.5, 0.6) is 5.75 Å². The van der Waals surface area contributed by atoms with Crippen molar-refractivity contribution in [3.05, 3.63) is 37.5 Å². The van der Waals surface area contributed by atoms with Crippen molar-refractivity contribution in [2.75, 3.05) is 4.31 Å². The Balaban J connectivity index is 2.61. The Kier molecular flexibility index (Phi) is 5.21. The molecular formula is C11H6Cl3NO5S2. The molecule has 0 saturated heterocycles. The number of thiophene rings is 1. The zero-order valence-corrected chi connectivity index (χ0v) is 14.2. The van der Waals surface area contributed by atoms with E-state index in [2.05, 4.69) is 0 Å². The molecule has 6 nitrogen and oxygen atoms in total. The van der Waals surface area contributed by atoms with E-state index in [1.807, 2.05) is 0 Å². The maximum absolute atomic E-state index is 11.6. The molecule has 0 spiro atoms. The standard InChI is InChI=1S/C11H6Cl3NO5S2/c12-7-8(10(14)21-9(7)13)15(22(19)20)4-1-2-5(11(17)18)6(16)3-4/h1-3,16H,(H,17,18)(H,19,20). The van der Waals surface area contributed by atoms with Crippen molar-refractivity contribution in [3.8, 4) is 5.75 Å². The fraction of sp³-hybridized carbons (Fsp3) is 0. The van der Waals surface area contributed by atoms with Crippen LogP contribution in [-0.2, 0) is 11.3 Å². The smallest absolute Gasteiger partial charge is 0.339 e. The lowest BCUT2D eigenvalue weighted by Crippen LogP contribution is -2.19. The van der Waals surface area contributed by atoms with Gasteiger partial charge in [0.25, 0.3) is 11.3 Å². The van der Waals surface area contributed by atoms with E-state index >= 15 is 0 Å². The van der Waals surface area contributed by atoms with Crippen molar-refractivity contribution in [1.29, 1.82) is 0 Å². The van der Waals surface area contributed by atoms with Crippen LogP contribution in [0.1, 0.15) is 10.4 Å². The molecule has 2 aromatic rings. The number of halogens is 3. The lowest BCUT2D eigenvalue weighted by atomic mass is 10.2. The van der Waals surface area contributed by atoms with Gasteiger partial charge in [0.05, 0.1) is 10.7 Å². The number of carboxylic acids is 1. The second-order valence-electron chi connectivity index (χ2n) is 3.84. The summed E-state index contributed by atoms with van der Waals surface area (Å²) in [7, 11) is 0. The molecule has 0 aliphatic rings. The normalized spacial score (nSPS) is 12.2. The summed E-state index contributed by atoms with van der Waals surface area (Å²) in [6.07, 6.45) is 0. The molecule has 1 aromatic carbocycles. The molecule has 0 radical (unpaired) electrons. The zero-order valence-electron chi connectivity index (χ0n) is 10.3. The minimum Gasteiger partial charge on any atom is -0.507 e. The molecule has 0 saturated carbocycles. The maximum Gasteiger partial charge on any atom is 0.339 e. The number of anilines is 2. The molecule has 1 unspecified atom stereocenters. The largest absolute Gasteiger partial charge is 0.507 e. The van der Waals surface area contributed by atoms with Gasteiger partial charge in [0.2, 0.25) is 0 Å². The van der Waals surface area contributed by atoms with Crippen LogP contribution < -0.4 is 4.31 Å². The number of hydrogen-bond donors (Lipinski definition) is 3. The van der Waals surface area contributed by atoms with Gasteiger partial charge in [-0.3, -0.25) is 4.55 Å². The average molecular weight is 403 g/mol. The third-order valence-electron chi connectivity index (χ3n) is 2.55. The average Bonchev–Trinajstić information content (AvgIpc) is 2.65. The van der Waals surface area contributed by atoms with Crippen LogP contribution in [-0.4, -0.2) is 24.9 Å². The highest BCUT2D eigenvalue weighted by Gasteiger charge is 2.26. The van der Waals surface area contributed by atoms with Crippen LogP contribution in [0.2, 0.25) is 13.7 Å². The topological polar surface area (TPSA) is 98.1 Å². The number of aromatic hydroxyl groups is 1. The molecule has 0 fully saturated rings. The lowest BCUT2D eigenvalue weighted by molar-refractivity contribution is 0.0694. The Morgan fingerprint density at radius 1 is 1.23 bits per heavy atom. The highest BCUT2D eigenvalue weighted by molar-refractivity contribution is 7.81. The molecule has 0 aliphatic heterocycles. The number of hydrogen-bond acceptors (Lipinski definition) is 4. The van der Waals surface area contributed by atoms with Gasteiger partial charge < -0.3 is 10.2 Å². The first kappa shape index (κ1) is 17.3. The Morgan fingerprint density at radius 3 is 2.27 bits per heavy atom. The van der Waals surface area contributed by atoms with Crippen molar-refractivity contribution in [2.24, 2.45) is 0 Å². The minimum absolute atomic E-state index is 0.0124. The Morgan fingerprint density at radius 2 is 1.86 bits per heavy atom. The molecule has 2 rings (SSSR count). The molecule has 0 bridgehead atoms. The summed E-state index contributed by atoms with van der Waals surface area (Å²) in [4.78, 5) is 10.9. The predicted octanol–water partition coefficient (Wildman–Crippen LogP) is 4.39. The monoisotopic (exact) mass is 401 g/mol. The van der Waals surface area contributed by atoms with Gasteiger partial charge in [-0.2, -0.15) is 0 Å².